The standard InChI is InChI=1S/C26H30N2O4S/c1-4-32-24(29)22-15-26(22)17-28(33(30,31)20-11-9-18(2)10-12-20)14-6-13-25(26)16-27-23-19(3)7-5-8-21(23)25/h5,7-12,16,22H,4,6,13-15,17H2,1-3H3/t22-,25+,26-/m1/s1. The summed E-state index contributed by atoms with van der Waals surface area (Å²) in [7, 11) is -3.69. The number of esters is 1. The molecular formula is C26H30N2O4S. The SMILES string of the molecule is CCOC(=O)[C@H]1C[C@@]12CN(S(=O)(=O)c1ccc(C)cc1)CCC[C@@]21C=Nc2c(C)cccc21. The number of hydrogen-bond donors (Lipinski definition) is 0. The van der Waals surface area contributed by atoms with Gasteiger partial charge in [0, 0.05) is 30.1 Å². The smallest absolute Gasteiger partial charge is 0.309 e. The van der Waals surface area contributed by atoms with Gasteiger partial charge < -0.3 is 4.74 Å². The van der Waals surface area contributed by atoms with Gasteiger partial charge in [-0.1, -0.05) is 35.9 Å². The molecule has 2 fully saturated rings. The Labute approximate surface area is 195 Å². The van der Waals surface area contributed by atoms with Crippen molar-refractivity contribution >= 4 is 27.9 Å². The van der Waals surface area contributed by atoms with Crippen LogP contribution in [0, 0.1) is 25.2 Å². The van der Waals surface area contributed by atoms with Crippen LogP contribution < -0.4 is 0 Å². The van der Waals surface area contributed by atoms with Crippen molar-refractivity contribution in [1.82, 2.24) is 4.31 Å². The van der Waals surface area contributed by atoms with Crippen molar-refractivity contribution in [2.24, 2.45) is 16.3 Å². The fourth-order valence-electron chi connectivity index (χ4n) is 5.94. The van der Waals surface area contributed by atoms with Crippen molar-refractivity contribution < 1.29 is 17.9 Å². The summed E-state index contributed by atoms with van der Waals surface area (Å²) in [5.74, 6) is -0.579. The van der Waals surface area contributed by atoms with Crippen LogP contribution >= 0.6 is 0 Å². The van der Waals surface area contributed by atoms with E-state index in [9.17, 15) is 13.2 Å². The van der Waals surface area contributed by atoms with E-state index in [0.29, 0.717) is 30.9 Å². The molecule has 0 bridgehead atoms. The largest absolute Gasteiger partial charge is 0.466 e. The predicted octanol–water partition coefficient (Wildman–Crippen LogP) is 4.31. The van der Waals surface area contributed by atoms with Gasteiger partial charge in [-0.2, -0.15) is 4.31 Å². The molecule has 3 atom stereocenters. The fraction of sp³-hybridized carbons (Fsp3) is 0.462. The summed E-state index contributed by atoms with van der Waals surface area (Å²) in [6, 6.07) is 13.2. The third kappa shape index (κ3) is 3.28. The van der Waals surface area contributed by atoms with Crippen LogP contribution in [0.4, 0.5) is 5.69 Å². The molecule has 2 heterocycles. The molecule has 0 N–H and O–H groups in total. The first-order valence-corrected chi connectivity index (χ1v) is 13.1. The Bertz CT molecular complexity index is 1240. The van der Waals surface area contributed by atoms with Crippen molar-refractivity contribution in [1.29, 1.82) is 0 Å². The van der Waals surface area contributed by atoms with Gasteiger partial charge in [0.15, 0.2) is 0 Å². The first-order valence-electron chi connectivity index (χ1n) is 11.6. The normalized spacial score (nSPS) is 28.6. The minimum absolute atomic E-state index is 0.235. The summed E-state index contributed by atoms with van der Waals surface area (Å²) in [5, 5.41) is 0. The van der Waals surface area contributed by atoms with Crippen molar-refractivity contribution in [2.45, 2.75) is 50.3 Å². The summed E-state index contributed by atoms with van der Waals surface area (Å²) < 4.78 is 34.3. The molecule has 2 spiro atoms. The highest BCUT2D eigenvalue weighted by atomic mass is 32.2. The average molecular weight is 467 g/mol. The van der Waals surface area contributed by atoms with E-state index in [1.807, 2.05) is 44.3 Å². The van der Waals surface area contributed by atoms with Gasteiger partial charge in [-0.25, -0.2) is 8.42 Å². The summed E-state index contributed by atoms with van der Waals surface area (Å²) in [4.78, 5) is 18.0. The second kappa shape index (κ2) is 7.77. The number of aliphatic imine (C=N–C) groups is 1. The van der Waals surface area contributed by atoms with Crippen LogP contribution in [0.1, 0.15) is 42.9 Å². The highest BCUT2D eigenvalue weighted by molar-refractivity contribution is 7.89. The van der Waals surface area contributed by atoms with Gasteiger partial charge in [-0.05, 0) is 63.3 Å². The highest BCUT2D eigenvalue weighted by Crippen LogP contribution is 2.69. The minimum Gasteiger partial charge on any atom is -0.466 e. The molecule has 1 aliphatic carbocycles. The lowest BCUT2D eigenvalue weighted by molar-refractivity contribution is -0.146. The summed E-state index contributed by atoms with van der Waals surface area (Å²) in [6.07, 6.45) is 4.06. The lowest BCUT2D eigenvalue weighted by Crippen LogP contribution is -2.45. The van der Waals surface area contributed by atoms with E-state index in [2.05, 4.69) is 6.07 Å². The molecule has 2 aromatic carbocycles. The lowest BCUT2D eigenvalue weighted by Gasteiger charge is -2.37. The zero-order chi connectivity index (χ0) is 23.4. The van der Waals surface area contributed by atoms with Crippen molar-refractivity contribution in [3.63, 3.8) is 0 Å². The van der Waals surface area contributed by atoms with E-state index in [1.54, 1.807) is 23.4 Å². The van der Waals surface area contributed by atoms with Crippen LogP contribution in [0.15, 0.2) is 52.4 Å². The molecule has 1 saturated carbocycles. The third-order valence-electron chi connectivity index (χ3n) is 7.76. The molecular weight excluding hydrogens is 436 g/mol. The molecule has 2 aromatic rings. The average Bonchev–Trinajstić information content (AvgIpc) is 3.44. The topological polar surface area (TPSA) is 76.0 Å². The van der Waals surface area contributed by atoms with Crippen LogP contribution in [0.5, 0.6) is 0 Å². The van der Waals surface area contributed by atoms with E-state index in [1.165, 1.54) is 0 Å². The molecule has 0 aromatic heterocycles. The number of benzene rings is 2. The van der Waals surface area contributed by atoms with Crippen molar-refractivity contribution in [3.05, 3.63) is 59.2 Å². The van der Waals surface area contributed by atoms with Crippen LogP contribution in [0.25, 0.3) is 0 Å². The van der Waals surface area contributed by atoms with Gasteiger partial charge in [0.2, 0.25) is 10.0 Å². The van der Waals surface area contributed by atoms with Gasteiger partial charge in [0.1, 0.15) is 0 Å². The number of para-hydroxylation sites is 1. The first-order chi connectivity index (χ1) is 15.7. The molecule has 0 radical (unpaired) electrons. The Balaban J connectivity index is 1.60. The van der Waals surface area contributed by atoms with Crippen molar-refractivity contribution in [3.8, 4) is 0 Å². The van der Waals surface area contributed by atoms with Gasteiger partial charge in [-0.3, -0.25) is 9.79 Å². The van der Waals surface area contributed by atoms with Crippen LogP contribution in [0.3, 0.4) is 0 Å². The van der Waals surface area contributed by atoms with Crippen molar-refractivity contribution in [2.75, 3.05) is 19.7 Å². The van der Waals surface area contributed by atoms with Crippen LogP contribution in [-0.4, -0.2) is 44.6 Å². The number of carbonyl (C=O) groups excluding carboxylic acids is 1. The van der Waals surface area contributed by atoms with Gasteiger partial charge in [0.05, 0.1) is 23.1 Å². The summed E-state index contributed by atoms with van der Waals surface area (Å²) >= 11 is 0. The Kier molecular flexibility index (Phi) is 5.25. The Morgan fingerprint density at radius 3 is 2.67 bits per heavy atom. The Morgan fingerprint density at radius 1 is 1.18 bits per heavy atom. The molecule has 174 valence electrons. The quantitative estimate of drug-likeness (QED) is 0.629. The maximum atomic E-state index is 13.6. The van der Waals surface area contributed by atoms with Gasteiger partial charge >= 0.3 is 5.97 Å². The van der Waals surface area contributed by atoms with Gasteiger partial charge in [0.25, 0.3) is 0 Å². The summed E-state index contributed by atoms with van der Waals surface area (Å²) in [5.41, 5.74) is 3.15. The van der Waals surface area contributed by atoms with Crippen LogP contribution in [-0.2, 0) is 25.0 Å². The zero-order valence-corrected chi connectivity index (χ0v) is 20.2. The molecule has 6 nitrogen and oxygen atoms in total. The molecule has 33 heavy (non-hydrogen) atoms. The zero-order valence-electron chi connectivity index (χ0n) is 19.4. The number of hydrogen-bond acceptors (Lipinski definition) is 5. The second-order valence-electron chi connectivity index (χ2n) is 9.62. The Hall–Kier alpha value is -2.51. The highest BCUT2D eigenvalue weighted by Gasteiger charge is 2.72. The van der Waals surface area contributed by atoms with E-state index in [0.717, 1.165) is 28.8 Å². The maximum absolute atomic E-state index is 13.6. The number of rotatable bonds is 4. The fourth-order valence-corrected chi connectivity index (χ4v) is 7.49. The predicted molar refractivity (Wildman–Crippen MR) is 127 cm³/mol. The third-order valence-corrected chi connectivity index (χ3v) is 9.62. The molecule has 1 saturated heterocycles. The molecule has 2 aliphatic heterocycles. The van der Waals surface area contributed by atoms with Crippen LogP contribution in [0.2, 0.25) is 0 Å². The molecule has 7 heteroatoms. The molecule has 3 aliphatic rings. The number of sulfonamides is 1. The minimum atomic E-state index is -3.69. The number of ether oxygens (including phenoxy) is 1. The number of carbonyl (C=O) groups is 1. The van der Waals surface area contributed by atoms with E-state index in [-0.39, 0.29) is 18.4 Å². The van der Waals surface area contributed by atoms with Gasteiger partial charge in [-0.15, -0.1) is 0 Å². The Morgan fingerprint density at radius 2 is 1.94 bits per heavy atom. The van der Waals surface area contributed by atoms with E-state index in [4.69, 9.17) is 9.73 Å². The van der Waals surface area contributed by atoms with E-state index < -0.39 is 20.9 Å². The summed E-state index contributed by atoms with van der Waals surface area (Å²) in [6.45, 7) is 6.81. The molecule has 0 unspecified atom stereocenters. The number of fused-ring (bicyclic) bond motifs is 3. The number of nitrogens with zero attached hydrogens (tertiary/aromatic N) is 2. The number of aryl methyl sites for hydroxylation is 2. The maximum Gasteiger partial charge on any atom is 0.309 e. The first kappa shape index (κ1) is 22.3. The lowest BCUT2D eigenvalue weighted by atomic mass is 9.65. The molecule has 5 rings (SSSR count). The monoisotopic (exact) mass is 466 g/mol. The van der Waals surface area contributed by atoms with E-state index >= 15 is 0 Å². The molecule has 0 amide bonds. The second-order valence-corrected chi connectivity index (χ2v) is 11.6.